The van der Waals surface area contributed by atoms with E-state index in [4.69, 9.17) is 4.42 Å². The molecule has 2 heteroatoms. The molecule has 0 bridgehead atoms. The van der Waals surface area contributed by atoms with Gasteiger partial charge in [0, 0.05) is 27.4 Å². The van der Waals surface area contributed by atoms with E-state index in [0.717, 1.165) is 45.3 Å². The van der Waals surface area contributed by atoms with Crippen LogP contribution in [0.1, 0.15) is 11.1 Å². The number of rotatable bonds is 6. The van der Waals surface area contributed by atoms with E-state index in [1.54, 1.807) is 0 Å². The summed E-state index contributed by atoms with van der Waals surface area (Å²) in [5.74, 6) is 0. The van der Waals surface area contributed by atoms with Gasteiger partial charge in [-0.05, 0) is 81.1 Å². The molecule has 0 atom stereocenters. The van der Waals surface area contributed by atoms with E-state index in [0.29, 0.717) is 0 Å². The van der Waals surface area contributed by atoms with Crippen molar-refractivity contribution in [2.75, 3.05) is 4.90 Å². The molecule has 0 radical (unpaired) electrons. The Morgan fingerprint density at radius 1 is 0.471 bits per heavy atom. The normalized spacial score (nSPS) is 12.2. The van der Waals surface area contributed by atoms with E-state index in [1.165, 1.54) is 55.4 Å². The lowest BCUT2D eigenvalue weighted by atomic mass is 9.95. The Bertz CT molecular complexity index is 2750. The number of hydrogen-bond donors (Lipinski definition) is 0. The Labute approximate surface area is 297 Å². The highest BCUT2D eigenvalue weighted by Gasteiger charge is 2.26. The van der Waals surface area contributed by atoms with E-state index in [-0.39, 0.29) is 0 Å². The van der Waals surface area contributed by atoms with Crippen LogP contribution in [0.25, 0.3) is 72.2 Å². The van der Waals surface area contributed by atoms with Crippen molar-refractivity contribution >= 4 is 55.8 Å². The van der Waals surface area contributed by atoms with Crippen molar-refractivity contribution in [3.63, 3.8) is 0 Å². The van der Waals surface area contributed by atoms with Gasteiger partial charge >= 0.3 is 0 Å². The quantitative estimate of drug-likeness (QED) is 0.178. The molecule has 9 aromatic rings. The molecule has 0 unspecified atom stereocenters. The van der Waals surface area contributed by atoms with Gasteiger partial charge in [0.25, 0.3) is 0 Å². The molecular weight excluding hydrogens is 619 g/mol. The minimum Gasteiger partial charge on any atom is -0.455 e. The van der Waals surface area contributed by atoms with Gasteiger partial charge in [0.1, 0.15) is 11.2 Å². The topological polar surface area (TPSA) is 16.4 Å². The maximum Gasteiger partial charge on any atom is 0.143 e. The summed E-state index contributed by atoms with van der Waals surface area (Å²) in [6, 6.07) is 63.2. The highest BCUT2D eigenvalue weighted by molar-refractivity contribution is 6.16. The van der Waals surface area contributed by atoms with Crippen molar-refractivity contribution in [2.45, 2.75) is 6.42 Å². The molecular formula is C49H33NO. The van der Waals surface area contributed by atoms with Gasteiger partial charge in [-0.1, -0.05) is 158 Å². The van der Waals surface area contributed by atoms with Gasteiger partial charge in [-0.15, -0.1) is 0 Å². The fraction of sp³-hybridized carbons (Fsp3) is 0.0204. The second-order valence-corrected chi connectivity index (χ2v) is 13.2. The summed E-state index contributed by atoms with van der Waals surface area (Å²) in [6.07, 6.45) is 5.35. The molecule has 0 N–H and O–H groups in total. The maximum atomic E-state index is 6.72. The molecule has 0 fully saturated rings. The summed E-state index contributed by atoms with van der Waals surface area (Å²) in [5.41, 5.74) is 14.9. The average Bonchev–Trinajstić information content (AvgIpc) is 3.85. The van der Waals surface area contributed by atoms with Crippen molar-refractivity contribution in [3.8, 4) is 33.4 Å². The van der Waals surface area contributed by atoms with Crippen LogP contribution in [0.4, 0.5) is 17.1 Å². The van der Waals surface area contributed by atoms with Gasteiger partial charge < -0.3 is 9.32 Å². The van der Waals surface area contributed by atoms with Gasteiger partial charge in [-0.2, -0.15) is 0 Å². The van der Waals surface area contributed by atoms with Crippen LogP contribution in [0, 0.1) is 0 Å². The van der Waals surface area contributed by atoms with E-state index >= 15 is 0 Å². The van der Waals surface area contributed by atoms with Crippen LogP contribution in [-0.4, -0.2) is 0 Å². The van der Waals surface area contributed by atoms with Crippen LogP contribution in [0.3, 0.4) is 0 Å². The largest absolute Gasteiger partial charge is 0.455 e. The van der Waals surface area contributed by atoms with Crippen molar-refractivity contribution in [2.24, 2.45) is 0 Å². The number of allylic oxidation sites excluding steroid dienone is 1. The standard InChI is InChI=1S/C49H33NO/c1-3-13-33(14-4-1)34-27-29-35(30-28-34)38-19-9-20-39(31-38)50(45-25-10-18-36-17-7-8-21-40(36)45)46-32-44-48-41(37-15-5-2-6-16-37)22-12-26-47(48)51-49(44)43-24-11-23-42(43)46/h1-22,24-32H,23H2. The third kappa shape index (κ3) is 4.95. The number of nitrogens with zero attached hydrogens (tertiary/aromatic N) is 1. The van der Waals surface area contributed by atoms with Crippen molar-refractivity contribution in [1.82, 2.24) is 0 Å². The third-order valence-electron chi connectivity index (χ3n) is 10.3. The molecule has 0 saturated carbocycles. The Kier molecular flexibility index (Phi) is 6.92. The van der Waals surface area contributed by atoms with E-state index in [2.05, 4.69) is 193 Å². The summed E-state index contributed by atoms with van der Waals surface area (Å²) in [6.45, 7) is 0. The molecule has 51 heavy (non-hydrogen) atoms. The maximum absolute atomic E-state index is 6.72. The van der Waals surface area contributed by atoms with Gasteiger partial charge in [0.05, 0.1) is 11.4 Å². The summed E-state index contributed by atoms with van der Waals surface area (Å²) >= 11 is 0. The van der Waals surface area contributed by atoms with Crippen molar-refractivity contribution < 1.29 is 4.42 Å². The number of anilines is 3. The van der Waals surface area contributed by atoms with Gasteiger partial charge in [0.2, 0.25) is 0 Å². The number of hydrogen-bond acceptors (Lipinski definition) is 2. The van der Waals surface area contributed by atoms with Crippen LogP contribution in [0.5, 0.6) is 0 Å². The second kappa shape index (κ2) is 12.0. The Morgan fingerprint density at radius 2 is 1.12 bits per heavy atom. The zero-order chi connectivity index (χ0) is 33.7. The third-order valence-corrected chi connectivity index (χ3v) is 10.3. The zero-order valence-corrected chi connectivity index (χ0v) is 28.0. The molecule has 0 aliphatic heterocycles. The summed E-state index contributed by atoms with van der Waals surface area (Å²) < 4.78 is 6.72. The predicted molar refractivity (Wildman–Crippen MR) is 215 cm³/mol. The Hall–Kier alpha value is -6.64. The first-order valence-electron chi connectivity index (χ1n) is 17.6. The van der Waals surface area contributed by atoms with Crippen molar-refractivity contribution in [1.29, 1.82) is 0 Å². The highest BCUT2D eigenvalue weighted by atomic mass is 16.3. The molecule has 10 rings (SSSR count). The van der Waals surface area contributed by atoms with Crippen LogP contribution < -0.4 is 4.90 Å². The lowest BCUT2D eigenvalue weighted by molar-refractivity contribution is 0.668. The SMILES string of the molecule is C1=Cc2c(c(N(c3cccc(-c4ccc(-c5ccccc5)cc4)c3)c3cccc4ccccc34)cc3c2oc2cccc(-c4ccccc4)c23)C1. The first-order chi connectivity index (χ1) is 25.3. The molecule has 1 aliphatic carbocycles. The summed E-state index contributed by atoms with van der Waals surface area (Å²) in [4.78, 5) is 2.47. The minimum absolute atomic E-state index is 0.838. The molecule has 240 valence electrons. The molecule has 2 nitrogen and oxygen atoms in total. The zero-order valence-electron chi connectivity index (χ0n) is 28.0. The van der Waals surface area contributed by atoms with Crippen LogP contribution in [0.15, 0.2) is 186 Å². The number of fused-ring (bicyclic) bond motifs is 6. The second-order valence-electron chi connectivity index (χ2n) is 13.2. The van der Waals surface area contributed by atoms with E-state index < -0.39 is 0 Å². The van der Waals surface area contributed by atoms with Crippen LogP contribution in [0.2, 0.25) is 0 Å². The monoisotopic (exact) mass is 651 g/mol. The van der Waals surface area contributed by atoms with E-state index in [1.807, 2.05) is 0 Å². The lowest BCUT2D eigenvalue weighted by Gasteiger charge is -2.29. The van der Waals surface area contributed by atoms with Gasteiger partial charge in [-0.3, -0.25) is 0 Å². The fourth-order valence-corrected chi connectivity index (χ4v) is 7.87. The Balaban J connectivity index is 1.21. The number of furan rings is 1. The smallest absolute Gasteiger partial charge is 0.143 e. The summed E-state index contributed by atoms with van der Waals surface area (Å²) in [7, 11) is 0. The molecule has 0 amide bonds. The van der Waals surface area contributed by atoms with E-state index in [9.17, 15) is 0 Å². The van der Waals surface area contributed by atoms with Crippen LogP contribution in [-0.2, 0) is 6.42 Å². The molecule has 1 aliphatic rings. The Morgan fingerprint density at radius 3 is 1.94 bits per heavy atom. The highest BCUT2D eigenvalue weighted by Crippen LogP contribution is 2.48. The molecule has 8 aromatic carbocycles. The van der Waals surface area contributed by atoms with Gasteiger partial charge in [0.15, 0.2) is 0 Å². The van der Waals surface area contributed by atoms with Gasteiger partial charge in [-0.25, -0.2) is 0 Å². The molecule has 0 saturated heterocycles. The molecule has 1 heterocycles. The lowest BCUT2D eigenvalue weighted by Crippen LogP contribution is -2.13. The molecule has 0 spiro atoms. The average molecular weight is 652 g/mol. The van der Waals surface area contributed by atoms with Crippen LogP contribution >= 0.6 is 0 Å². The predicted octanol–water partition coefficient (Wildman–Crippen LogP) is 13.8. The molecule has 1 aromatic heterocycles. The van der Waals surface area contributed by atoms with Crippen molar-refractivity contribution in [3.05, 3.63) is 193 Å². The minimum atomic E-state index is 0.838. The number of benzene rings is 8. The first-order valence-corrected chi connectivity index (χ1v) is 17.6. The fourth-order valence-electron chi connectivity index (χ4n) is 7.87. The first kappa shape index (κ1) is 29.3. The summed E-state index contributed by atoms with van der Waals surface area (Å²) in [5, 5.41) is 4.69.